The second-order valence-corrected chi connectivity index (χ2v) is 9.57. The molecule has 2 aromatic heterocycles. The average Bonchev–Trinajstić information content (AvgIpc) is 2.90. The van der Waals surface area contributed by atoms with Crippen LogP contribution < -0.4 is 20.3 Å². The fourth-order valence-electron chi connectivity index (χ4n) is 3.70. The summed E-state index contributed by atoms with van der Waals surface area (Å²) in [5.41, 5.74) is 0.0208. The Morgan fingerprint density at radius 1 is 1.38 bits per heavy atom. The molecule has 0 aromatic carbocycles. The van der Waals surface area contributed by atoms with Crippen molar-refractivity contribution in [3.63, 3.8) is 0 Å². The molecule has 1 saturated heterocycles. The molecular formula is C22H21N7O6S2. The van der Waals surface area contributed by atoms with Crippen molar-refractivity contribution in [2.45, 2.75) is 18.0 Å². The monoisotopic (exact) mass is 543 g/mol. The number of hydrogen-bond acceptors (Lipinski definition) is 11. The summed E-state index contributed by atoms with van der Waals surface area (Å²) in [6.07, 6.45) is 7.10. The Morgan fingerprint density at radius 3 is 2.86 bits per heavy atom. The molecule has 13 nitrogen and oxygen atoms in total. The van der Waals surface area contributed by atoms with Crippen molar-refractivity contribution in [2.75, 3.05) is 23.3 Å². The number of hydrogen-bond donors (Lipinski definition) is 2. The summed E-state index contributed by atoms with van der Waals surface area (Å²) in [4.78, 5) is 63.2. The summed E-state index contributed by atoms with van der Waals surface area (Å²) in [6, 6.07) is 5.87. The zero-order valence-corrected chi connectivity index (χ0v) is 21.0. The third kappa shape index (κ3) is 5.72. The first kappa shape index (κ1) is 26.1. The second-order valence-electron chi connectivity index (χ2n) is 7.65. The molecule has 192 valence electrons. The normalized spacial score (nSPS) is 19.0. The molecule has 0 radical (unpaired) electrons. The van der Waals surface area contributed by atoms with Crippen molar-refractivity contribution in [1.29, 1.82) is 0 Å². The number of oxime groups is 1. The van der Waals surface area contributed by atoms with Gasteiger partial charge < -0.3 is 25.4 Å². The zero-order chi connectivity index (χ0) is 26.4. The van der Waals surface area contributed by atoms with Crippen LogP contribution in [-0.4, -0.2) is 74.1 Å². The van der Waals surface area contributed by atoms with E-state index in [1.807, 2.05) is 18.2 Å². The summed E-state index contributed by atoms with van der Waals surface area (Å²) in [7, 11) is 0. The van der Waals surface area contributed by atoms with Crippen LogP contribution >= 0.6 is 23.5 Å². The number of carbonyl (C=O) groups excluding carboxylic acids is 4. The van der Waals surface area contributed by atoms with Gasteiger partial charge in [0.05, 0.1) is 11.7 Å². The smallest absolute Gasteiger partial charge is 0.278 e. The number of nitrogens with zero attached hydrogens (tertiary/aromatic N) is 5. The minimum absolute atomic E-state index is 0.131. The Balaban J connectivity index is 1.54. The average molecular weight is 544 g/mol. The minimum atomic E-state index is -1.46. The van der Waals surface area contributed by atoms with Crippen molar-refractivity contribution in [2.24, 2.45) is 5.16 Å². The molecule has 2 N–H and O–H groups in total. The van der Waals surface area contributed by atoms with E-state index in [1.165, 1.54) is 35.8 Å². The second kappa shape index (κ2) is 11.8. The number of rotatable bonds is 11. The Labute approximate surface area is 219 Å². The largest absolute Gasteiger partial charge is 0.543 e. The summed E-state index contributed by atoms with van der Waals surface area (Å²) >= 11 is 2.64. The molecular weight excluding hydrogens is 522 g/mol. The minimum Gasteiger partial charge on any atom is -0.543 e. The van der Waals surface area contributed by atoms with Gasteiger partial charge in [-0.15, -0.1) is 23.5 Å². The van der Waals surface area contributed by atoms with Gasteiger partial charge in [0.15, 0.2) is 30.7 Å². The Morgan fingerprint density at radius 2 is 2.16 bits per heavy atom. The highest BCUT2D eigenvalue weighted by molar-refractivity contribution is 8.00. The standard InChI is InChI=1S/C22H21N7O6S2/c1-36-12-35-27-15(18-23-6-5-14(25-18)24-11-30)19(31)26-16-20(32)29-17(22(33)34)13(10-37-21(16)29)9-28-7-3-2-4-8-28/h2-8,11,16,21H,9-10,12H2,1H3,(H2-,23,24,25,26,30,31,33,34)/t16?,21-/m1/s1. The lowest BCUT2D eigenvalue weighted by Gasteiger charge is -2.50. The van der Waals surface area contributed by atoms with Gasteiger partial charge >= 0.3 is 0 Å². The first-order chi connectivity index (χ1) is 17.9. The van der Waals surface area contributed by atoms with Gasteiger partial charge in [0.2, 0.25) is 12.1 Å². The molecule has 2 atom stereocenters. The number of thioether (sulfide) groups is 2. The fraction of sp³-hybridized carbons (Fsp3) is 0.273. The van der Waals surface area contributed by atoms with Crippen LogP contribution in [0.2, 0.25) is 0 Å². The molecule has 0 spiro atoms. The lowest BCUT2D eigenvalue weighted by atomic mass is 10.0. The molecule has 3 amide bonds. The van der Waals surface area contributed by atoms with E-state index in [4.69, 9.17) is 4.84 Å². The number of β-lactam (4-membered cyclic amide) rings is 1. The van der Waals surface area contributed by atoms with E-state index in [-0.39, 0.29) is 35.5 Å². The zero-order valence-electron chi connectivity index (χ0n) is 19.4. The maximum absolute atomic E-state index is 13.1. The number of aliphatic carboxylic acids is 1. The molecule has 1 unspecified atom stereocenters. The number of carbonyl (C=O) groups is 4. The molecule has 2 aromatic rings. The van der Waals surface area contributed by atoms with E-state index < -0.39 is 29.2 Å². The van der Waals surface area contributed by atoms with Crippen molar-refractivity contribution in [3.8, 4) is 0 Å². The van der Waals surface area contributed by atoms with Gasteiger partial charge in [0, 0.05) is 29.7 Å². The summed E-state index contributed by atoms with van der Waals surface area (Å²) in [6.45, 7) is 0.275. The van der Waals surface area contributed by atoms with Gasteiger partial charge in [-0.25, -0.2) is 14.5 Å². The molecule has 4 rings (SSSR count). The lowest BCUT2D eigenvalue weighted by molar-refractivity contribution is -0.689. The Hall–Kier alpha value is -3.98. The predicted octanol–water partition coefficient (Wildman–Crippen LogP) is -1.52. The number of carboxylic acids is 1. The number of carboxylic acid groups (broad SMARTS) is 1. The van der Waals surface area contributed by atoms with Crippen LogP contribution in [0.4, 0.5) is 5.82 Å². The van der Waals surface area contributed by atoms with E-state index in [9.17, 15) is 24.3 Å². The maximum atomic E-state index is 13.1. The van der Waals surface area contributed by atoms with Gasteiger partial charge in [-0.3, -0.25) is 19.3 Å². The fourth-order valence-corrected chi connectivity index (χ4v) is 5.20. The van der Waals surface area contributed by atoms with Crippen molar-refractivity contribution >= 4 is 59.2 Å². The molecule has 0 aliphatic carbocycles. The third-order valence-corrected chi connectivity index (χ3v) is 6.97. The predicted molar refractivity (Wildman–Crippen MR) is 131 cm³/mol. The van der Waals surface area contributed by atoms with Crippen molar-refractivity contribution in [3.05, 3.63) is 60.0 Å². The number of amides is 3. The van der Waals surface area contributed by atoms with Gasteiger partial charge in [0.25, 0.3) is 11.8 Å². The molecule has 4 heterocycles. The Bertz CT molecular complexity index is 1270. The lowest BCUT2D eigenvalue weighted by Crippen LogP contribution is -2.71. The van der Waals surface area contributed by atoms with Crippen LogP contribution in [0, 0.1) is 0 Å². The maximum Gasteiger partial charge on any atom is 0.278 e. The molecule has 2 aliphatic heterocycles. The summed E-state index contributed by atoms with van der Waals surface area (Å²) < 4.78 is 1.80. The number of aromatic nitrogens is 3. The van der Waals surface area contributed by atoms with Crippen LogP contribution in [0.25, 0.3) is 0 Å². The van der Waals surface area contributed by atoms with E-state index in [0.717, 1.165) is 4.90 Å². The van der Waals surface area contributed by atoms with E-state index >= 15 is 0 Å². The van der Waals surface area contributed by atoms with Crippen LogP contribution in [0.15, 0.2) is 59.3 Å². The van der Waals surface area contributed by atoms with Crippen LogP contribution in [0.3, 0.4) is 0 Å². The van der Waals surface area contributed by atoms with E-state index in [1.54, 1.807) is 23.2 Å². The molecule has 1 fully saturated rings. The van der Waals surface area contributed by atoms with Crippen LogP contribution in [0.5, 0.6) is 0 Å². The number of pyridine rings is 1. The summed E-state index contributed by atoms with van der Waals surface area (Å²) in [5.74, 6) is -2.40. The van der Waals surface area contributed by atoms with Gasteiger partial charge in [0.1, 0.15) is 17.2 Å². The SMILES string of the molecule is CSCON=C(C(=O)NC1C(=O)N2C(C(=O)[O-])=C(C[n+]3ccccc3)CS[C@H]12)c1nccc(NC=O)n1. The van der Waals surface area contributed by atoms with Crippen molar-refractivity contribution in [1.82, 2.24) is 20.2 Å². The highest BCUT2D eigenvalue weighted by Crippen LogP contribution is 2.40. The quantitative estimate of drug-likeness (QED) is 0.0645. The number of anilines is 1. The van der Waals surface area contributed by atoms with Gasteiger partial charge in [-0.1, -0.05) is 11.2 Å². The Kier molecular flexibility index (Phi) is 8.35. The van der Waals surface area contributed by atoms with E-state index in [2.05, 4.69) is 25.8 Å². The molecule has 15 heteroatoms. The molecule has 0 saturated carbocycles. The first-order valence-corrected chi connectivity index (χ1v) is 13.2. The van der Waals surface area contributed by atoms with Gasteiger partial charge in [-0.05, 0) is 12.3 Å². The first-order valence-electron chi connectivity index (χ1n) is 10.8. The molecule has 0 bridgehead atoms. The van der Waals surface area contributed by atoms with Gasteiger partial charge in [-0.2, -0.15) is 0 Å². The highest BCUT2D eigenvalue weighted by atomic mass is 32.2. The highest BCUT2D eigenvalue weighted by Gasteiger charge is 2.53. The molecule has 37 heavy (non-hydrogen) atoms. The number of fused-ring (bicyclic) bond motifs is 1. The van der Waals surface area contributed by atoms with Crippen molar-refractivity contribution < 1.29 is 33.7 Å². The van der Waals surface area contributed by atoms with E-state index in [0.29, 0.717) is 17.7 Å². The topological polar surface area (TPSA) is 170 Å². The third-order valence-electron chi connectivity index (χ3n) is 5.29. The number of nitrogens with one attached hydrogen (secondary N) is 2. The van der Waals surface area contributed by atoms with Crippen LogP contribution in [0.1, 0.15) is 5.82 Å². The van der Waals surface area contributed by atoms with Crippen LogP contribution in [-0.2, 0) is 30.6 Å². The molecule has 2 aliphatic rings. The summed E-state index contributed by atoms with van der Waals surface area (Å²) in [5, 5.41) is 20.1.